The Morgan fingerprint density at radius 2 is 1.91 bits per heavy atom. The third-order valence-corrected chi connectivity index (χ3v) is 3.35. The van der Waals surface area contributed by atoms with E-state index >= 15 is 0 Å². The molecule has 1 aliphatic rings. The van der Waals surface area contributed by atoms with Crippen molar-refractivity contribution in [3.05, 3.63) is 76.5 Å². The van der Waals surface area contributed by atoms with Gasteiger partial charge in [0.15, 0.2) is 5.70 Å². The summed E-state index contributed by atoms with van der Waals surface area (Å²) in [5.41, 5.74) is 2.83. The molecular formula is C18H13NO4. The first-order valence-corrected chi connectivity index (χ1v) is 6.96. The van der Waals surface area contributed by atoms with Crippen LogP contribution in [-0.4, -0.2) is 22.9 Å². The normalized spacial score (nSPS) is 15.4. The minimum absolute atomic E-state index is 0.185. The Kier molecular flexibility index (Phi) is 3.76. The summed E-state index contributed by atoms with van der Waals surface area (Å²) in [6, 6.07) is 13.7. The van der Waals surface area contributed by atoms with Crippen LogP contribution in [0.3, 0.4) is 0 Å². The zero-order chi connectivity index (χ0) is 16.4. The highest BCUT2D eigenvalue weighted by Crippen LogP contribution is 2.20. The van der Waals surface area contributed by atoms with Crippen molar-refractivity contribution in [2.75, 3.05) is 0 Å². The van der Waals surface area contributed by atoms with Crippen LogP contribution in [0.1, 0.15) is 27.0 Å². The van der Waals surface area contributed by atoms with Gasteiger partial charge < -0.3 is 9.84 Å². The number of aryl methyl sites for hydroxylation is 1. The van der Waals surface area contributed by atoms with Gasteiger partial charge in [-0.1, -0.05) is 29.8 Å². The van der Waals surface area contributed by atoms with E-state index in [9.17, 15) is 9.59 Å². The lowest BCUT2D eigenvalue weighted by Gasteiger charge is -1.99. The van der Waals surface area contributed by atoms with Gasteiger partial charge in [0.2, 0.25) is 5.90 Å². The maximum absolute atomic E-state index is 11.9. The monoisotopic (exact) mass is 307 g/mol. The second kappa shape index (κ2) is 5.88. The number of benzene rings is 2. The Hall–Kier alpha value is -3.21. The number of cyclic esters (lactones) is 1. The summed E-state index contributed by atoms with van der Waals surface area (Å²) in [4.78, 5) is 27.0. The van der Waals surface area contributed by atoms with Crippen molar-refractivity contribution in [2.24, 2.45) is 4.99 Å². The van der Waals surface area contributed by atoms with Crippen LogP contribution in [0.25, 0.3) is 6.08 Å². The molecule has 2 aromatic rings. The topological polar surface area (TPSA) is 76.0 Å². The minimum atomic E-state index is -0.996. The van der Waals surface area contributed by atoms with E-state index in [4.69, 9.17) is 9.84 Å². The van der Waals surface area contributed by atoms with Gasteiger partial charge in [0.05, 0.1) is 5.56 Å². The molecule has 0 saturated heterocycles. The number of hydrogen-bond acceptors (Lipinski definition) is 4. The molecule has 0 atom stereocenters. The number of ether oxygens (including phenoxy) is 1. The van der Waals surface area contributed by atoms with Crippen molar-refractivity contribution in [1.29, 1.82) is 0 Å². The summed E-state index contributed by atoms with van der Waals surface area (Å²) in [7, 11) is 0. The van der Waals surface area contributed by atoms with Crippen LogP contribution in [-0.2, 0) is 9.53 Å². The van der Waals surface area contributed by atoms with Gasteiger partial charge in [0, 0.05) is 5.56 Å². The van der Waals surface area contributed by atoms with Crippen LogP contribution >= 0.6 is 0 Å². The van der Waals surface area contributed by atoms with E-state index < -0.39 is 11.9 Å². The quantitative estimate of drug-likeness (QED) is 0.698. The lowest BCUT2D eigenvalue weighted by Crippen LogP contribution is -2.05. The van der Waals surface area contributed by atoms with Crippen LogP contribution < -0.4 is 0 Å². The van der Waals surface area contributed by atoms with Gasteiger partial charge in [-0.25, -0.2) is 14.6 Å². The highest BCUT2D eigenvalue weighted by molar-refractivity contribution is 6.12. The number of carbonyl (C=O) groups excluding carboxylic acids is 1. The summed E-state index contributed by atoms with van der Waals surface area (Å²) >= 11 is 0. The molecule has 0 unspecified atom stereocenters. The molecule has 0 aromatic heterocycles. The maximum Gasteiger partial charge on any atom is 0.363 e. The predicted molar refractivity (Wildman–Crippen MR) is 85.2 cm³/mol. The van der Waals surface area contributed by atoms with E-state index in [0.29, 0.717) is 5.56 Å². The number of aliphatic imine (C=N–C) groups is 1. The molecule has 3 rings (SSSR count). The van der Waals surface area contributed by atoms with Crippen LogP contribution in [0.15, 0.2) is 59.2 Å². The summed E-state index contributed by atoms with van der Waals surface area (Å²) in [6.45, 7) is 1.95. The van der Waals surface area contributed by atoms with Gasteiger partial charge in [0.1, 0.15) is 0 Å². The number of carboxylic acids is 1. The fourth-order valence-corrected chi connectivity index (χ4v) is 2.19. The predicted octanol–water partition coefficient (Wildman–Crippen LogP) is 3.04. The third-order valence-electron chi connectivity index (χ3n) is 3.35. The first kappa shape index (κ1) is 14.7. The van der Waals surface area contributed by atoms with E-state index in [1.165, 1.54) is 12.1 Å². The van der Waals surface area contributed by atoms with Crippen LogP contribution in [0.5, 0.6) is 0 Å². The molecule has 114 valence electrons. The van der Waals surface area contributed by atoms with Crippen molar-refractivity contribution in [1.82, 2.24) is 0 Å². The van der Waals surface area contributed by atoms with Crippen molar-refractivity contribution >= 4 is 23.9 Å². The van der Waals surface area contributed by atoms with E-state index in [1.807, 2.05) is 31.2 Å². The molecule has 0 fully saturated rings. The molecule has 0 bridgehead atoms. The first-order valence-electron chi connectivity index (χ1n) is 6.96. The molecule has 23 heavy (non-hydrogen) atoms. The Labute approximate surface area is 132 Å². The van der Waals surface area contributed by atoms with Gasteiger partial charge in [-0.3, -0.25) is 0 Å². The van der Waals surface area contributed by atoms with Crippen LogP contribution in [0, 0.1) is 6.92 Å². The average molecular weight is 307 g/mol. The van der Waals surface area contributed by atoms with E-state index in [1.54, 1.807) is 18.2 Å². The van der Waals surface area contributed by atoms with Gasteiger partial charge in [-0.15, -0.1) is 0 Å². The molecule has 0 radical (unpaired) electrons. The van der Waals surface area contributed by atoms with Crippen molar-refractivity contribution in [3.63, 3.8) is 0 Å². The molecule has 0 spiro atoms. The van der Waals surface area contributed by atoms with Crippen LogP contribution in [0.4, 0.5) is 0 Å². The zero-order valence-electron chi connectivity index (χ0n) is 12.3. The number of rotatable bonds is 3. The Morgan fingerprint density at radius 1 is 1.17 bits per heavy atom. The molecule has 1 aliphatic heterocycles. The number of aromatic carboxylic acids is 1. The number of hydrogen-bond donors (Lipinski definition) is 1. The third kappa shape index (κ3) is 3.18. The molecule has 0 amide bonds. The number of carbonyl (C=O) groups is 2. The molecule has 2 aromatic carbocycles. The van der Waals surface area contributed by atoms with Crippen molar-refractivity contribution in [3.8, 4) is 0 Å². The average Bonchev–Trinajstić information content (AvgIpc) is 2.89. The SMILES string of the molecule is Cc1cccc(C2=N/C(=C\c3ccc(C(=O)O)cc3)C(=O)O2)c1. The molecule has 1 heterocycles. The summed E-state index contributed by atoms with van der Waals surface area (Å²) < 4.78 is 5.20. The molecule has 1 N–H and O–H groups in total. The lowest BCUT2D eigenvalue weighted by molar-refractivity contribution is -0.129. The lowest BCUT2D eigenvalue weighted by atomic mass is 10.1. The zero-order valence-corrected chi connectivity index (χ0v) is 12.3. The van der Waals surface area contributed by atoms with Gasteiger partial charge in [0.25, 0.3) is 0 Å². The van der Waals surface area contributed by atoms with Gasteiger partial charge in [-0.05, 0) is 42.8 Å². The molecule has 5 heteroatoms. The fraction of sp³-hybridized carbons (Fsp3) is 0.0556. The van der Waals surface area contributed by atoms with Gasteiger partial charge >= 0.3 is 11.9 Å². The number of carboxylic acid groups (broad SMARTS) is 1. The van der Waals surface area contributed by atoms with E-state index in [0.717, 1.165) is 11.1 Å². The molecular weight excluding hydrogens is 294 g/mol. The highest BCUT2D eigenvalue weighted by atomic mass is 16.6. The standard InChI is InChI=1S/C18H13NO4/c1-11-3-2-4-14(9-11)16-19-15(18(22)23-16)10-12-5-7-13(8-6-12)17(20)21/h2-10H,1H3,(H,20,21)/b15-10-. The summed E-state index contributed by atoms with van der Waals surface area (Å²) in [6.07, 6.45) is 1.57. The Bertz CT molecular complexity index is 848. The second-order valence-corrected chi connectivity index (χ2v) is 5.13. The molecule has 5 nitrogen and oxygen atoms in total. The summed E-state index contributed by atoms with van der Waals surface area (Å²) in [5, 5.41) is 8.87. The molecule has 0 saturated carbocycles. The fourth-order valence-electron chi connectivity index (χ4n) is 2.19. The first-order chi connectivity index (χ1) is 11.0. The largest absolute Gasteiger partial charge is 0.478 e. The second-order valence-electron chi connectivity index (χ2n) is 5.13. The highest BCUT2D eigenvalue weighted by Gasteiger charge is 2.24. The Balaban J connectivity index is 1.90. The smallest absolute Gasteiger partial charge is 0.363 e. The Morgan fingerprint density at radius 3 is 2.57 bits per heavy atom. The van der Waals surface area contributed by atoms with Crippen molar-refractivity contribution in [2.45, 2.75) is 6.92 Å². The van der Waals surface area contributed by atoms with Gasteiger partial charge in [-0.2, -0.15) is 0 Å². The summed E-state index contributed by atoms with van der Waals surface area (Å²) in [5.74, 6) is -1.25. The van der Waals surface area contributed by atoms with E-state index in [-0.39, 0.29) is 17.2 Å². The van der Waals surface area contributed by atoms with E-state index in [2.05, 4.69) is 4.99 Å². The number of nitrogens with zero attached hydrogens (tertiary/aromatic N) is 1. The minimum Gasteiger partial charge on any atom is -0.478 e. The maximum atomic E-state index is 11.9. The molecule has 0 aliphatic carbocycles. The van der Waals surface area contributed by atoms with Crippen LogP contribution in [0.2, 0.25) is 0 Å². The number of esters is 1. The van der Waals surface area contributed by atoms with Crippen molar-refractivity contribution < 1.29 is 19.4 Å².